The van der Waals surface area contributed by atoms with E-state index in [1.807, 2.05) is 0 Å². The summed E-state index contributed by atoms with van der Waals surface area (Å²) in [6.45, 7) is 0. The number of carboxylic acid groups (broad SMARTS) is 1. The number of methoxy groups -OCH3 is 4. The number of carbonyl (C=O) groups excluding carboxylic acids is 3. The minimum absolute atomic E-state index is 0.0324. The lowest BCUT2D eigenvalue weighted by molar-refractivity contribution is 0.0692. The van der Waals surface area contributed by atoms with Crippen molar-refractivity contribution in [1.29, 1.82) is 0 Å². The Labute approximate surface area is 257 Å². The lowest BCUT2D eigenvalue weighted by Crippen LogP contribution is -2.19. The van der Waals surface area contributed by atoms with Crippen LogP contribution in [0.15, 0.2) is 72.8 Å². The summed E-state index contributed by atoms with van der Waals surface area (Å²) in [5.74, 6) is -2.77. The van der Waals surface area contributed by atoms with Crippen LogP contribution in [0.25, 0.3) is 0 Å². The summed E-state index contributed by atoms with van der Waals surface area (Å²) < 4.78 is 21.5. The van der Waals surface area contributed by atoms with Gasteiger partial charge >= 0.3 is 5.97 Å². The summed E-state index contributed by atoms with van der Waals surface area (Å²) in [7, 11) is 5.36. The number of carboxylic acids is 1. The van der Waals surface area contributed by atoms with Crippen molar-refractivity contribution in [3.63, 3.8) is 0 Å². The molecule has 0 saturated carbocycles. The van der Waals surface area contributed by atoms with E-state index in [9.17, 15) is 24.3 Å². The highest BCUT2D eigenvalue weighted by Crippen LogP contribution is 2.35. The molecule has 0 bridgehead atoms. The number of nitrogens with one attached hydrogen (secondary N) is 3. The molecule has 0 atom stereocenters. The highest BCUT2D eigenvalue weighted by Gasteiger charge is 2.24. The number of aromatic carboxylic acids is 1. The molecule has 0 aromatic heterocycles. The number of ether oxygens (including phenoxy) is 4. The standard InChI is InChI=1S/C32H30N4O9/c1-42-25-17(9-5-13-21(25)33)29(37)34-22-14-6-10-18(26(22)43-2)30(38)35-23-15-7-11-19(27(23)44-3)31(39)36-24-16-8-12-20(32(40)41)28(24)45-4/h5-16H,33H2,1-4H3,(H,34,37)(H,35,38)(H,36,39)(H,40,41). The Morgan fingerprint density at radius 2 is 0.822 bits per heavy atom. The number of nitrogens with two attached hydrogens (primary N) is 1. The van der Waals surface area contributed by atoms with Gasteiger partial charge < -0.3 is 45.7 Å². The molecule has 0 aliphatic heterocycles. The fraction of sp³-hybridized carbons (Fsp3) is 0.125. The van der Waals surface area contributed by atoms with Crippen LogP contribution in [0.5, 0.6) is 23.0 Å². The number of hydrogen-bond donors (Lipinski definition) is 5. The summed E-state index contributed by atoms with van der Waals surface area (Å²) in [4.78, 5) is 51.5. The lowest BCUT2D eigenvalue weighted by Gasteiger charge is -2.18. The van der Waals surface area contributed by atoms with E-state index in [-0.39, 0.29) is 68.0 Å². The maximum Gasteiger partial charge on any atom is 0.339 e. The van der Waals surface area contributed by atoms with E-state index in [4.69, 9.17) is 24.7 Å². The molecule has 0 aliphatic rings. The van der Waals surface area contributed by atoms with Gasteiger partial charge in [0, 0.05) is 0 Å². The lowest BCUT2D eigenvalue weighted by atomic mass is 10.1. The topological polar surface area (TPSA) is 188 Å². The van der Waals surface area contributed by atoms with Crippen molar-refractivity contribution in [2.24, 2.45) is 0 Å². The Kier molecular flexibility index (Phi) is 9.73. The smallest absolute Gasteiger partial charge is 0.339 e. The first-order valence-electron chi connectivity index (χ1n) is 13.3. The quantitative estimate of drug-likeness (QED) is 0.147. The molecule has 0 radical (unpaired) electrons. The molecule has 0 heterocycles. The van der Waals surface area contributed by atoms with E-state index in [1.54, 1.807) is 30.3 Å². The van der Waals surface area contributed by atoms with Gasteiger partial charge in [0.15, 0.2) is 23.0 Å². The highest BCUT2D eigenvalue weighted by atomic mass is 16.5. The predicted octanol–water partition coefficient (Wildman–Crippen LogP) is 4.76. The third kappa shape index (κ3) is 6.57. The van der Waals surface area contributed by atoms with Crippen molar-refractivity contribution < 1.29 is 43.2 Å². The van der Waals surface area contributed by atoms with E-state index in [2.05, 4.69) is 16.0 Å². The first kappa shape index (κ1) is 31.7. The van der Waals surface area contributed by atoms with E-state index < -0.39 is 23.7 Å². The van der Waals surface area contributed by atoms with Gasteiger partial charge in [0.2, 0.25) is 0 Å². The van der Waals surface area contributed by atoms with Crippen molar-refractivity contribution in [2.75, 3.05) is 50.1 Å². The van der Waals surface area contributed by atoms with Crippen LogP contribution in [0, 0.1) is 0 Å². The zero-order valence-electron chi connectivity index (χ0n) is 24.7. The Bertz CT molecular complexity index is 1790. The number of para-hydroxylation sites is 4. The van der Waals surface area contributed by atoms with E-state index in [0.717, 1.165) is 0 Å². The first-order valence-corrected chi connectivity index (χ1v) is 13.3. The minimum atomic E-state index is -1.23. The van der Waals surface area contributed by atoms with Crippen LogP contribution in [0.3, 0.4) is 0 Å². The van der Waals surface area contributed by atoms with Crippen LogP contribution in [0.1, 0.15) is 41.4 Å². The normalized spacial score (nSPS) is 10.3. The van der Waals surface area contributed by atoms with Crippen molar-refractivity contribution in [2.45, 2.75) is 0 Å². The number of nitrogen functional groups attached to an aromatic ring is 1. The molecular formula is C32H30N4O9. The summed E-state index contributed by atoms with van der Waals surface area (Å²) in [5, 5.41) is 17.5. The van der Waals surface area contributed by atoms with Crippen LogP contribution in [-0.4, -0.2) is 57.2 Å². The van der Waals surface area contributed by atoms with Crippen molar-refractivity contribution >= 4 is 46.4 Å². The largest absolute Gasteiger partial charge is 0.494 e. The van der Waals surface area contributed by atoms with E-state index >= 15 is 0 Å². The highest BCUT2D eigenvalue weighted by molar-refractivity contribution is 6.13. The summed E-state index contributed by atoms with van der Waals surface area (Å²) in [6.07, 6.45) is 0. The van der Waals surface area contributed by atoms with Gasteiger partial charge in [0.25, 0.3) is 17.7 Å². The number of anilines is 4. The van der Waals surface area contributed by atoms with E-state index in [0.29, 0.717) is 0 Å². The monoisotopic (exact) mass is 614 g/mol. The second-order valence-electron chi connectivity index (χ2n) is 9.25. The Hall–Kier alpha value is -6.24. The van der Waals surface area contributed by atoms with Gasteiger partial charge in [-0.2, -0.15) is 0 Å². The Balaban J connectivity index is 1.61. The average Bonchev–Trinajstić information content (AvgIpc) is 3.04. The number of rotatable bonds is 11. The Morgan fingerprint density at radius 1 is 0.511 bits per heavy atom. The summed E-state index contributed by atoms with van der Waals surface area (Å²) in [5.41, 5.74) is 6.86. The molecule has 4 aromatic carbocycles. The molecule has 0 unspecified atom stereocenters. The molecule has 0 spiro atoms. The molecule has 4 rings (SSSR count). The molecule has 6 N–H and O–H groups in total. The van der Waals surface area contributed by atoms with E-state index in [1.165, 1.54) is 70.9 Å². The maximum atomic E-state index is 13.5. The van der Waals surface area contributed by atoms with Gasteiger partial charge in [0.1, 0.15) is 5.56 Å². The molecule has 13 nitrogen and oxygen atoms in total. The maximum absolute atomic E-state index is 13.5. The predicted molar refractivity (Wildman–Crippen MR) is 167 cm³/mol. The number of hydrogen-bond acceptors (Lipinski definition) is 9. The van der Waals surface area contributed by atoms with Crippen LogP contribution in [-0.2, 0) is 0 Å². The average molecular weight is 615 g/mol. The van der Waals surface area contributed by atoms with Gasteiger partial charge in [-0.25, -0.2) is 4.79 Å². The molecule has 4 aromatic rings. The molecule has 13 heteroatoms. The van der Waals surface area contributed by atoms with Crippen LogP contribution in [0.2, 0.25) is 0 Å². The molecule has 45 heavy (non-hydrogen) atoms. The second-order valence-corrected chi connectivity index (χ2v) is 9.25. The van der Waals surface area contributed by atoms with Gasteiger partial charge in [-0.1, -0.05) is 24.3 Å². The van der Waals surface area contributed by atoms with Gasteiger partial charge in [-0.15, -0.1) is 0 Å². The molecule has 0 saturated heterocycles. The summed E-state index contributed by atoms with van der Waals surface area (Å²) >= 11 is 0. The fourth-order valence-electron chi connectivity index (χ4n) is 4.62. The van der Waals surface area contributed by atoms with Crippen molar-refractivity contribution in [3.8, 4) is 23.0 Å². The third-order valence-electron chi connectivity index (χ3n) is 6.62. The first-order chi connectivity index (χ1) is 21.6. The minimum Gasteiger partial charge on any atom is -0.494 e. The van der Waals surface area contributed by atoms with Gasteiger partial charge in [0.05, 0.1) is 67.9 Å². The summed E-state index contributed by atoms with van der Waals surface area (Å²) in [6, 6.07) is 18.2. The van der Waals surface area contributed by atoms with Crippen LogP contribution >= 0.6 is 0 Å². The van der Waals surface area contributed by atoms with Crippen LogP contribution < -0.4 is 40.6 Å². The molecule has 0 aliphatic carbocycles. The Morgan fingerprint density at radius 3 is 1.18 bits per heavy atom. The zero-order valence-corrected chi connectivity index (χ0v) is 24.7. The van der Waals surface area contributed by atoms with Crippen molar-refractivity contribution in [1.82, 2.24) is 0 Å². The van der Waals surface area contributed by atoms with Crippen LogP contribution in [0.4, 0.5) is 22.7 Å². The van der Waals surface area contributed by atoms with Crippen molar-refractivity contribution in [3.05, 3.63) is 95.1 Å². The second kappa shape index (κ2) is 13.8. The van der Waals surface area contributed by atoms with Gasteiger partial charge in [-0.05, 0) is 48.5 Å². The van der Waals surface area contributed by atoms with Gasteiger partial charge in [-0.3, -0.25) is 14.4 Å². The number of amides is 3. The molecule has 0 fully saturated rings. The molecule has 232 valence electrons. The SMILES string of the molecule is COc1c(N)cccc1C(=O)Nc1cccc(C(=O)Nc2cccc(C(=O)Nc3cccc(C(=O)O)c3OC)c2OC)c1OC. The fourth-order valence-corrected chi connectivity index (χ4v) is 4.62. The number of carbonyl (C=O) groups is 4. The third-order valence-corrected chi connectivity index (χ3v) is 6.62. The number of benzene rings is 4. The zero-order chi connectivity index (χ0) is 32.7. The molecule has 3 amide bonds. The molecular weight excluding hydrogens is 584 g/mol.